The predicted octanol–water partition coefficient (Wildman–Crippen LogP) is 3.05. The first-order valence-electron chi connectivity index (χ1n) is 9.45. The summed E-state index contributed by atoms with van der Waals surface area (Å²) in [5.41, 5.74) is 1.44. The zero-order valence-electron chi connectivity index (χ0n) is 15.7. The fourth-order valence-electron chi connectivity index (χ4n) is 3.87. The number of amides is 2. The lowest BCUT2D eigenvalue weighted by Crippen LogP contribution is -2.42. The monoisotopic (exact) mass is 398 g/mol. The Balaban J connectivity index is 1.53. The fourth-order valence-corrected chi connectivity index (χ4v) is 5.43. The number of hydrogen-bond donors (Lipinski definition) is 0. The second-order valence-corrected chi connectivity index (χ2v) is 9.18. The molecule has 2 aromatic rings. The summed E-state index contributed by atoms with van der Waals surface area (Å²) >= 11 is 0. The Morgan fingerprint density at radius 2 is 1.79 bits per heavy atom. The van der Waals surface area contributed by atoms with Crippen molar-refractivity contribution in [3.8, 4) is 0 Å². The summed E-state index contributed by atoms with van der Waals surface area (Å²) in [4.78, 5) is 27.2. The molecule has 4 rings (SSSR count). The highest BCUT2D eigenvalue weighted by Crippen LogP contribution is 2.31. The van der Waals surface area contributed by atoms with Gasteiger partial charge in [0.25, 0.3) is 21.8 Å². The molecule has 28 heavy (non-hydrogen) atoms. The van der Waals surface area contributed by atoms with Crippen molar-refractivity contribution in [2.75, 3.05) is 6.54 Å². The SMILES string of the molecule is CC1CCCCN1C(=O)c1ccc(CN2C(=O)c3ccccc3S2(=O)=O)cc1. The van der Waals surface area contributed by atoms with Crippen LogP contribution in [-0.4, -0.2) is 42.0 Å². The average molecular weight is 398 g/mol. The molecule has 1 saturated heterocycles. The van der Waals surface area contributed by atoms with E-state index in [0.717, 1.165) is 30.1 Å². The van der Waals surface area contributed by atoms with Crippen molar-refractivity contribution in [3.63, 3.8) is 0 Å². The summed E-state index contributed by atoms with van der Waals surface area (Å²) in [6.45, 7) is 2.78. The molecule has 2 aromatic carbocycles. The minimum atomic E-state index is -3.84. The molecule has 2 aliphatic rings. The van der Waals surface area contributed by atoms with Crippen LogP contribution in [0.15, 0.2) is 53.4 Å². The highest BCUT2D eigenvalue weighted by Gasteiger charge is 2.40. The molecule has 1 fully saturated rings. The van der Waals surface area contributed by atoms with Crippen LogP contribution in [0, 0.1) is 0 Å². The molecule has 0 radical (unpaired) electrons. The van der Waals surface area contributed by atoms with Gasteiger partial charge in [0.2, 0.25) is 0 Å². The molecule has 0 N–H and O–H groups in total. The number of likely N-dealkylation sites (tertiary alicyclic amines) is 1. The van der Waals surface area contributed by atoms with Crippen LogP contribution in [0.25, 0.3) is 0 Å². The van der Waals surface area contributed by atoms with Crippen LogP contribution >= 0.6 is 0 Å². The summed E-state index contributed by atoms with van der Waals surface area (Å²) in [7, 11) is -3.84. The van der Waals surface area contributed by atoms with E-state index in [4.69, 9.17) is 0 Å². The maximum absolute atomic E-state index is 12.7. The Hall–Kier alpha value is -2.67. The zero-order chi connectivity index (χ0) is 19.9. The first-order chi connectivity index (χ1) is 13.4. The lowest BCUT2D eigenvalue weighted by molar-refractivity contribution is 0.0635. The first-order valence-corrected chi connectivity index (χ1v) is 10.9. The van der Waals surface area contributed by atoms with Gasteiger partial charge < -0.3 is 4.90 Å². The lowest BCUT2D eigenvalue weighted by Gasteiger charge is -2.33. The smallest absolute Gasteiger partial charge is 0.269 e. The molecule has 1 unspecified atom stereocenters. The van der Waals surface area contributed by atoms with E-state index in [1.807, 2.05) is 4.90 Å². The highest BCUT2D eigenvalue weighted by atomic mass is 32.2. The Kier molecular flexibility index (Phi) is 4.71. The third-order valence-electron chi connectivity index (χ3n) is 5.50. The van der Waals surface area contributed by atoms with Gasteiger partial charge in [0, 0.05) is 18.2 Å². The number of nitrogens with zero attached hydrogens (tertiary/aromatic N) is 2. The van der Waals surface area contributed by atoms with Crippen LogP contribution in [0.1, 0.15) is 52.5 Å². The quantitative estimate of drug-likeness (QED) is 0.796. The van der Waals surface area contributed by atoms with E-state index in [1.54, 1.807) is 36.4 Å². The molecule has 146 valence electrons. The van der Waals surface area contributed by atoms with Crippen LogP contribution in [-0.2, 0) is 16.6 Å². The maximum Gasteiger partial charge on any atom is 0.269 e. The molecule has 0 spiro atoms. The van der Waals surface area contributed by atoms with Crippen molar-refractivity contribution in [2.24, 2.45) is 0 Å². The van der Waals surface area contributed by atoms with Crippen molar-refractivity contribution in [2.45, 2.75) is 43.7 Å². The molecule has 1 atom stereocenters. The summed E-state index contributed by atoms with van der Waals surface area (Å²) in [6, 6.07) is 13.3. The number of fused-ring (bicyclic) bond motifs is 1. The molecule has 2 aliphatic heterocycles. The van der Waals surface area contributed by atoms with Gasteiger partial charge in [-0.3, -0.25) is 9.59 Å². The van der Waals surface area contributed by atoms with Crippen LogP contribution in [0.5, 0.6) is 0 Å². The summed E-state index contributed by atoms with van der Waals surface area (Å²) in [6.07, 6.45) is 3.17. The largest absolute Gasteiger partial charge is 0.336 e. The van der Waals surface area contributed by atoms with Gasteiger partial charge in [-0.15, -0.1) is 0 Å². The van der Waals surface area contributed by atoms with E-state index in [-0.39, 0.29) is 29.0 Å². The standard InChI is InChI=1S/C21H22N2O4S/c1-15-6-4-5-13-22(15)20(24)17-11-9-16(10-12-17)14-23-21(25)18-7-2-3-8-19(18)28(23,26)27/h2-3,7-12,15H,4-6,13-14H2,1H3. The van der Waals surface area contributed by atoms with Crippen molar-refractivity contribution in [1.82, 2.24) is 9.21 Å². The molecular formula is C21H22N2O4S. The molecule has 2 amide bonds. The van der Waals surface area contributed by atoms with Gasteiger partial charge in [-0.05, 0) is 56.0 Å². The van der Waals surface area contributed by atoms with Gasteiger partial charge in [0.1, 0.15) is 4.90 Å². The number of benzene rings is 2. The van der Waals surface area contributed by atoms with E-state index in [0.29, 0.717) is 11.1 Å². The summed E-state index contributed by atoms with van der Waals surface area (Å²) < 4.78 is 26.2. The second kappa shape index (κ2) is 7.05. The number of rotatable bonds is 3. The molecular weight excluding hydrogens is 376 g/mol. The van der Waals surface area contributed by atoms with E-state index < -0.39 is 15.9 Å². The van der Waals surface area contributed by atoms with Crippen molar-refractivity contribution in [1.29, 1.82) is 0 Å². The molecule has 0 aliphatic carbocycles. The topological polar surface area (TPSA) is 74.8 Å². The molecule has 0 aromatic heterocycles. The maximum atomic E-state index is 12.7. The molecule has 0 saturated carbocycles. The number of carbonyl (C=O) groups excluding carboxylic acids is 2. The fraction of sp³-hybridized carbons (Fsp3) is 0.333. The van der Waals surface area contributed by atoms with E-state index in [2.05, 4.69) is 6.92 Å². The van der Waals surface area contributed by atoms with Gasteiger partial charge in [-0.25, -0.2) is 12.7 Å². The minimum absolute atomic E-state index is 0.00368. The summed E-state index contributed by atoms with van der Waals surface area (Å²) in [5, 5.41) is 0. The Bertz CT molecular complexity index is 1030. The van der Waals surface area contributed by atoms with Gasteiger partial charge >= 0.3 is 0 Å². The van der Waals surface area contributed by atoms with Gasteiger partial charge in [0.05, 0.1) is 12.1 Å². The van der Waals surface area contributed by atoms with Crippen molar-refractivity contribution < 1.29 is 18.0 Å². The Morgan fingerprint density at radius 1 is 1.07 bits per heavy atom. The van der Waals surface area contributed by atoms with E-state index in [1.165, 1.54) is 12.1 Å². The van der Waals surface area contributed by atoms with Crippen molar-refractivity contribution in [3.05, 3.63) is 65.2 Å². The molecule has 7 heteroatoms. The van der Waals surface area contributed by atoms with E-state index in [9.17, 15) is 18.0 Å². The Morgan fingerprint density at radius 3 is 2.46 bits per heavy atom. The predicted molar refractivity (Wildman–Crippen MR) is 104 cm³/mol. The van der Waals surface area contributed by atoms with Gasteiger partial charge in [-0.2, -0.15) is 0 Å². The van der Waals surface area contributed by atoms with Gasteiger partial charge in [-0.1, -0.05) is 24.3 Å². The van der Waals surface area contributed by atoms with Crippen LogP contribution in [0.4, 0.5) is 0 Å². The van der Waals surface area contributed by atoms with Crippen molar-refractivity contribution >= 4 is 21.8 Å². The molecule has 6 nitrogen and oxygen atoms in total. The first kappa shape index (κ1) is 18.7. The van der Waals surface area contributed by atoms with Crippen LogP contribution in [0.3, 0.4) is 0 Å². The highest BCUT2D eigenvalue weighted by molar-refractivity contribution is 7.90. The average Bonchev–Trinajstić information content (AvgIpc) is 2.89. The third kappa shape index (κ3) is 3.09. The lowest BCUT2D eigenvalue weighted by atomic mass is 10.0. The van der Waals surface area contributed by atoms with Gasteiger partial charge in [0.15, 0.2) is 0 Å². The number of hydrogen-bond acceptors (Lipinski definition) is 4. The van der Waals surface area contributed by atoms with Crippen LogP contribution < -0.4 is 0 Å². The number of sulfonamides is 1. The number of piperidine rings is 1. The number of carbonyl (C=O) groups is 2. The Labute approximate surface area is 164 Å². The second-order valence-electron chi connectivity index (χ2n) is 7.35. The summed E-state index contributed by atoms with van der Waals surface area (Å²) in [5.74, 6) is -0.520. The third-order valence-corrected chi connectivity index (χ3v) is 7.29. The normalized spacial score (nSPS) is 20.9. The van der Waals surface area contributed by atoms with Crippen LogP contribution in [0.2, 0.25) is 0 Å². The molecule has 2 heterocycles. The molecule has 0 bridgehead atoms. The minimum Gasteiger partial charge on any atom is -0.336 e. The van der Waals surface area contributed by atoms with E-state index >= 15 is 0 Å². The zero-order valence-corrected chi connectivity index (χ0v) is 16.5.